The van der Waals surface area contributed by atoms with Crippen LogP contribution in [0.15, 0.2) is 36.4 Å². The van der Waals surface area contributed by atoms with Crippen molar-refractivity contribution in [1.29, 1.82) is 0 Å². The predicted molar refractivity (Wildman–Crippen MR) is 76.4 cm³/mol. The molecule has 1 heterocycles. The predicted octanol–water partition coefficient (Wildman–Crippen LogP) is 5.29. The molecule has 0 saturated heterocycles. The summed E-state index contributed by atoms with van der Waals surface area (Å²) in [5.41, 5.74) is -0.220. The molecule has 128 valence electrons. The number of benzene rings is 2. The second-order valence-electron chi connectivity index (χ2n) is 4.99. The Labute approximate surface area is 137 Å². The number of hydrogen-bond donors (Lipinski definition) is 1. The van der Waals surface area contributed by atoms with Crippen LogP contribution < -0.4 is 14.8 Å². The number of halogens is 6. The second-order valence-corrected chi connectivity index (χ2v) is 5.40. The van der Waals surface area contributed by atoms with E-state index in [1.165, 1.54) is 24.3 Å². The maximum atomic E-state index is 12.9. The van der Waals surface area contributed by atoms with Crippen molar-refractivity contribution in [3.05, 3.63) is 52.5 Å². The van der Waals surface area contributed by atoms with Crippen molar-refractivity contribution >= 4 is 17.3 Å². The summed E-state index contributed by atoms with van der Waals surface area (Å²) in [4.78, 5) is 0. The van der Waals surface area contributed by atoms with Gasteiger partial charge in [0.2, 0.25) is 0 Å². The number of alkyl halides is 5. The number of nitrogens with one attached hydrogen (secondary N) is 1. The van der Waals surface area contributed by atoms with Gasteiger partial charge in [-0.15, -0.1) is 8.78 Å². The van der Waals surface area contributed by atoms with Crippen molar-refractivity contribution in [2.24, 2.45) is 0 Å². The third-order valence-corrected chi connectivity index (χ3v) is 3.56. The molecule has 24 heavy (non-hydrogen) atoms. The van der Waals surface area contributed by atoms with Crippen molar-refractivity contribution in [3.63, 3.8) is 0 Å². The molecule has 3 nitrogen and oxygen atoms in total. The van der Waals surface area contributed by atoms with Crippen LogP contribution in [0.25, 0.3) is 0 Å². The van der Waals surface area contributed by atoms with Crippen molar-refractivity contribution in [2.75, 3.05) is 5.32 Å². The second kappa shape index (κ2) is 5.70. The summed E-state index contributed by atoms with van der Waals surface area (Å²) < 4.78 is 72.8. The van der Waals surface area contributed by atoms with E-state index in [0.717, 1.165) is 12.1 Å². The lowest BCUT2D eigenvalue weighted by molar-refractivity contribution is -0.286. The number of hydrogen-bond acceptors (Lipinski definition) is 3. The molecule has 1 N–H and O–H groups in total. The Morgan fingerprint density at radius 3 is 2.42 bits per heavy atom. The lowest BCUT2D eigenvalue weighted by Gasteiger charge is -2.12. The first-order chi connectivity index (χ1) is 11.1. The van der Waals surface area contributed by atoms with Crippen LogP contribution in [0.1, 0.15) is 11.1 Å². The Balaban J connectivity index is 1.74. The highest BCUT2D eigenvalue weighted by Crippen LogP contribution is 2.42. The van der Waals surface area contributed by atoms with E-state index in [2.05, 4.69) is 14.8 Å². The molecule has 1 aliphatic rings. The monoisotopic (exact) mass is 365 g/mol. The van der Waals surface area contributed by atoms with E-state index in [4.69, 9.17) is 11.6 Å². The lowest BCUT2D eigenvalue weighted by atomic mass is 10.1. The maximum Gasteiger partial charge on any atom is 0.586 e. The molecular weight excluding hydrogens is 357 g/mol. The molecule has 0 spiro atoms. The molecule has 0 fully saturated rings. The minimum atomic E-state index is -4.56. The number of anilines is 1. The highest BCUT2D eigenvalue weighted by molar-refractivity contribution is 6.31. The van der Waals surface area contributed by atoms with Gasteiger partial charge in [0.15, 0.2) is 11.5 Å². The van der Waals surface area contributed by atoms with Gasteiger partial charge in [-0.25, -0.2) is 0 Å². The van der Waals surface area contributed by atoms with E-state index < -0.39 is 23.1 Å². The van der Waals surface area contributed by atoms with Gasteiger partial charge in [0.1, 0.15) is 0 Å². The van der Waals surface area contributed by atoms with Crippen LogP contribution in [-0.2, 0) is 12.7 Å². The summed E-state index contributed by atoms with van der Waals surface area (Å²) in [6.45, 7) is 0.0380. The molecule has 2 aromatic carbocycles. The van der Waals surface area contributed by atoms with E-state index in [1.807, 2.05) is 0 Å². The summed E-state index contributed by atoms with van der Waals surface area (Å²) in [7, 11) is 0. The highest BCUT2D eigenvalue weighted by Gasteiger charge is 2.43. The van der Waals surface area contributed by atoms with E-state index in [1.54, 1.807) is 0 Å². The van der Waals surface area contributed by atoms with Gasteiger partial charge in [0.05, 0.1) is 10.6 Å². The van der Waals surface area contributed by atoms with Crippen LogP contribution in [0.5, 0.6) is 11.5 Å². The third-order valence-electron chi connectivity index (χ3n) is 3.23. The van der Waals surface area contributed by atoms with Gasteiger partial charge >= 0.3 is 12.5 Å². The zero-order chi connectivity index (χ0) is 17.5. The van der Waals surface area contributed by atoms with Gasteiger partial charge in [-0.2, -0.15) is 13.2 Å². The van der Waals surface area contributed by atoms with Crippen molar-refractivity contribution in [3.8, 4) is 11.5 Å². The Morgan fingerprint density at radius 1 is 1.00 bits per heavy atom. The Kier molecular flexibility index (Phi) is 3.95. The van der Waals surface area contributed by atoms with Gasteiger partial charge in [-0.05, 0) is 29.8 Å². The first-order valence-electron chi connectivity index (χ1n) is 6.63. The molecule has 0 amide bonds. The normalized spacial score (nSPS) is 15.4. The van der Waals surface area contributed by atoms with E-state index in [9.17, 15) is 22.0 Å². The molecule has 0 unspecified atom stereocenters. The highest BCUT2D eigenvalue weighted by atomic mass is 35.5. The molecule has 9 heteroatoms. The molecule has 0 radical (unpaired) electrons. The maximum absolute atomic E-state index is 12.9. The molecule has 0 atom stereocenters. The van der Waals surface area contributed by atoms with E-state index in [-0.39, 0.29) is 18.0 Å². The summed E-state index contributed by atoms with van der Waals surface area (Å²) in [6.07, 6.45) is -8.28. The zero-order valence-corrected chi connectivity index (χ0v) is 12.5. The quantitative estimate of drug-likeness (QED) is 0.749. The van der Waals surface area contributed by atoms with Gasteiger partial charge in [0, 0.05) is 18.3 Å². The van der Waals surface area contributed by atoms with Gasteiger partial charge in [-0.1, -0.05) is 17.7 Å². The van der Waals surface area contributed by atoms with Crippen LogP contribution in [0.4, 0.5) is 27.6 Å². The topological polar surface area (TPSA) is 30.5 Å². The molecular formula is C15H9ClF5NO2. The smallest absolute Gasteiger partial charge is 0.395 e. The fourth-order valence-corrected chi connectivity index (χ4v) is 2.39. The molecule has 0 aliphatic carbocycles. The summed E-state index contributed by atoms with van der Waals surface area (Å²) in [6, 6.07) is 7.52. The van der Waals surface area contributed by atoms with Gasteiger partial charge in [-0.3, -0.25) is 0 Å². The van der Waals surface area contributed by atoms with Crippen LogP contribution >= 0.6 is 11.6 Å². The Hall–Kier alpha value is -2.22. The van der Waals surface area contributed by atoms with Crippen LogP contribution in [0.2, 0.25) is 5.02 Å². The standard InChI is InChI=1S/C15H9ClF5NO2/c16-11-3-1-8(5-10(11)14(17,18)19)7-22-9-2-4-12-13(6-9)24-15(20,21)23-12/h1-6,22H,7H2. The van der Waals surface area contributed by atoms with Crippen LogP contribution in [0, 0.1) is 0 Å². The van der Waals surface area contributed by atoms with Crippen LogP contribution in [-0.4, -0.2) is 6.29 Å². The fourth-order valence-electron chi connectivity index (χ4n) is 2.16. The lowest BCUT2D eigenvalue weighted by Crippen LogP contribution is -2.25. The minimum absolute atomic E-state index is 0.0380. The van der Waals surface area contributed by atoms with Crippen LogP contribution in [0.3, 0.4) is 0 Å². The first kappa shape index (κ1) is 16.6. The third kappa shape index (κ3) is 3.48. The largest absolute Gasteiger partial charge is 0.586 e. The van der Waals surface area contributed by atoms with Crippen molar-refractivity contribution < 1.29 is 31.4 Å². The minimum Gasteiger partial charge on any atom is -0.395 e. The molecule has 0 saturated carbocycles. The summed E-state index contributed by atoms with van der Waals surface area (Å²) in [5, 5.41) is 2.43. The van der Waals surface area contributed by atoms with E-state index >= 15 is 0 Å². The summed E-state index contributed by atoms with van der Waals surface area (Å²) >= 11 is 5.55. The SMILES string of the molecule is FC1(F)Oc2ccc(NCc3ccc(Cl)c(C(F)(F)F)c3)cc2O1. The number of ether oxygens (including phenoxy) is 2. The van der Waals surface area contributed by atoms with Gasteiger partial charge < -0.3 is 14.8 Å². The molecule has 3 rings (SSSR count). The fraction of sp³-hybridized carbons (Fsp3) is 0.200. The average molecular weight is 366 g/mol. The average Bonchev–Trinajstić information content (AvgIpc) is 2.78. The van der Waals surface area contributed by atoms with Gasteiger partial charge in [0.25, 0.3) is 0 Å². The van der Waals surface area contributed by atoms with Crippen molar-refractivity contribution in [2.45, 2.75) is 19.0 Å². The molecule has 0 bridgehead atoms. The summed E-state index contributed by atoms with van der Waals surface area (Å²) in [5.74, 6) is -0.270. The number of fused-ring (bicyclic) bond motifs is 1. The zero-order valence-electron chi connectivity index (χ0n) is 11.8. The Bertz CT molecular complexity index is 779. The van der Waals surface area contributed by atoms with Crippen molar-refractivity contribution in [1.82, 2.24) is 0 Å². The molecule has 0 aromatic heterocycles. The number of rotatable bonds is 3. The first-order valence-corrected chi connectivity index (χ1v) is 7.01. The van der Waals surface area contributed by atoms with E-state index in [0.29, 0.717) is 11.3 Å². The molecule has 2 aromatic rings. The Morgan fingerprint density at radius 2 is 1.71 bits per heavy atom. The molecule has 1 aliphatic heterocycles.